The summed E-state index contributed by atoms with van der Waals surface area (Å²) in [4.78, 5) is 40.8. The predicted octanol–water partition coefficient (Wildman–Crippen LogP) is 6.17. The second kappa shape index (κ2) is 17.3. The molecule has 0 fully saturated rings. The summed E-state index contributed by atoms with van der Waals surface area (Å²) in [5.41, 5.74) is 3.44. The highest BCUT2D eigenvalue weighted by molar-refractivity contribution is 7.90. The molecule has 294 valence electrons. The highest BCUT2D eigenvalue weighted by Crippen LogP contribution is 2.33. The summed E-state index contributed by atoms with van der Waals surface area (Å²) in [6.45, 7) is 0.281. The number of amides is 3. The topological polar surface area (TPSA) is 175 Å². The van der Waals surface area contributed by atoms with Crippen molar-refractivity contribution in [2.45, 2.75) is 36.5 Å². The molecule has 0 saturated heterocycles. The Morgan fingerprint density at radius 1 is 0.964 bits per heavy atom. The lowest BCUT2D eigenvalue weighted by atomic mass is 10.0. The maximum absolute atomic E-state index is 15.5. The van der Waals surface area contributed by atoms with Gasteiger partial charge in [-0.25, -0.2) is 17.5 Å². The molecule has 0 aliphatic rings. The average molecular weight is 815 g/mol. The fraction of sp³-hybridized carbons (Fsp3) is 0.211. The number of carbonyl (C=O) groups excluding carboxylic acids is 3. The number of nitrogens with one attached hydrogen (secondary N) is 3. The minimum atomic E-state index is -5.05. The van der Waals surface area contributed by atoms with Gasteiger partial charge in [0.2, 0.25) is 5.91 Å². The van der Waals surface area contributed by atoms with Crippen LogP contribution in [0.4, 0.5) is 23.2 Å². The van der Waals surface area contributed by atoms with Crippen LogP contribution in [-0.2, 0) is 27.4 Å². The zero-order valence-corrected chi connectivity index (χ0v) is 31.4. The first-order chi connectivity index (χ1) is 26.5. The molecule has 5 rings (SSSR count). The lowest BCUT2D eigenvalue weighted by Crippen LogP contribution is -2.47. The van der Waals surface area contributed by atoms with Crippen LogP contribution in [0.5, 0.6) is 5.75 Å². The number of ether oxygens (including phenoxy) is 1. The van der Waals surface area contributed by atoms with Crippen LogP contribution in [0.15, 0.2) is 95.9 Å². The summed E-state index contributed by atoms with van der Waals surface area (Å²) in [7, 11) is -2.41. The van der Waals surface area contributed by atoms with Crippen molar-refractivity contribution in [3.8, 4) is 22.6 Å². The predicted molar refractivity (Wildman–Crippen MR) is 201 cm³/mol. The van der Waals surface area contributed by atoms with Gasteiger partial charge in [-0.05, 0) is 79.0 Å². The highest BCUT2D eigenvalue weighted by atomic mass is 35.5. The third-order valence-corrected chi connectivity index (χ3v) is 9.83. The molecule has 0 saturated carbocycles. The van der Waals surface area contributed by atoms with E-state index in [0.29, 0.717) is 22.2 Å². The maximum atomic E-state index is 15.5. The summed E-state index contributed by atoms with van der Waals surface area (Å²) in [5.74, 6) is -3.64. The Balaban J connectivity index is 1.48. The van der Waals surface area contributed by atoms with Crippen molar-refractivity contribution >= 4 is 44.8 Å². The van der Waals surface area contributed by atoms with Crippen molar-refractivity contribution in [1.29, 1.82) is 0 Å². The highest BCUT2D eigenvalue weighted by Gasteiger charge is 2.37. The van der Waals surface area contributed by atoms with Gasteiger partial charge in [0.1, 0.15) is 23.3 Å². The van der Waals surface area contributed by atoms with Crippen molar-refractivity contribution in [1.82, 2.24) is 20.4 Å². The van der Waals surface area contributed by atoms with Crippen LogP contribution in [0, 0.1) is 5.82 Å². The second-order valence-electron chi connectivity index (χ2n) is 12.4. The summed E-state index contributed by atoms with van der Waals surface area (Å²) in [6.07, 6.45) is -3.63. The van der Waals surface area contributed by atoms with Crippen molar-refractivity contribution in [3.63, 3.8) is 0 Å². The molecule has 18 heteroatoms. The molecule has 0 bridgehead atoms. The van der Waals surface area contributed by atoms with Gasteiger partial charge >= 0.3 is 6.18 Å². The summed E-state index contributed by atoms with van der Waals surface area (Å²) < 4.78 is 88.2. The van der Waals surface area contributed by atoms with Crippen molar-refractivity contribution in [3.05, 3.63) is 124 Å². The lowest BCUT2D eigenvalue weighted by Gasteiger charge is -2.20. The first-order valence-corrected chi connectivity index (χ1v) is 19.1. The number of anilines is 1. The van der Waals surface area contributed by atoms with Gasteiger partial charge in [-0.1, -0.05) is 48.0 Å². The van der Waals surface area contributed by atoms with E-state index in [-0.39, 0.29) is 52.5 Å². The number of nitrogens with two attached hydrogens (primary N) is 1. The van der Waals surface area contributed by atoms with E-state index >= 15 is 4.39 Å². The Morgan fingerprint density at radius 3 is 2.32 bits per heavy atom. The molecule has 5 N–H and O–H groups in total. The minimum absolute atomic E-state index is 0.0663. The number of nitrogens with zero attached hydrogens (tertiary/aromatic N) is 2. The summed E-state index contributed by atoms with van der Waals surface area (Å²) in [6, 6.07) is 19.0. The number of hydrogen-bond acceptors (Lipinski definition) is 8. The van der Waals surface area contributed by atoms with E-state index in [0.717, 1.165) is 24.0 Å². The molecule has 3 amide bonds. The van der Waals surface area contributed by atoms with Gasteiger partial charge < -0.3 is 26.4 Å². The van der Waals surface area contributed by atoms with Gasteiger partial charge in [0.05, 0.1) is 28.9 Å². The van der Waals surface area contributed by atoms with E-state index in [1.807, 2.05) is 0 Å². The average Bonchev–Trinajstić information content (AvgIpc) is 3.63. The summed E-state index contributed by atoms with van der Waals surface area (Å²) in [5, 5.41) is 11.7. The third kappa shape index (κ3) is 9.90. The number of alkyl halides is 3. The van der Waals surface area contributed by atoms with Crippen LogP contribution < -0.4 is 26.4 Å². The first-order valence-electron chi connectivity index (χ1n) is 16.8. The molecular formula is C38H35ClF4N6O6S. The quantitative estimate of drug-likeness (QED) is 0.0964. The van der Waals surface area contributed by atoms with Crippen molar-refractivity contribution < 1.29 is 45.1 Å². The minimum Gasteiger partial charge on any atom is -0.497 e. The van der Waals surface area contributed by atoms with Gasteiger partial charge in [0, 0.05) is 29.5 Å². The fourth-order valence-corrected chi connectivity index (χ4v) is 6.65. The van der Waals surface area contributed by atoms with E-state index in [1.54, 1.807) is 30.3 Å². The Morgan fingerprint density at radius 2 is 1.68 bits per heavy atom. The van der Waals surface area contributed by atoms with Gasteiger partial charge in [-0.3, -0.25) is 14.4 Å². The second-order valence-corrected chi connectivity index (χ2v) is 14.8. The number of sulfone groups is 1. The molecule has 0 radical (unpaired) electrons. The van der Waals surface area contributed by atoms with Crippen LogP contribution in [0.2, 0.25) is 5.02 Å². The summed E-state index contributed by atoms with van der Waals surface area (Å²) >= 11 is 5.94. The van der Waals surface area contributed by atoms with E-state index < -0.39 is 62.7 Å². The zero-order valence-electron chi connectivity index (χ0n) is 29.8. The molecule has 1 atom stereocenters. The molecule has 0 unspecified atom stereocenters. The number of aromatic nitrogens is 2. The molecule has 5 aromatic rings. The largest absolute Gasteiger partial charge is 0.497 e. The molecule has 4 aromatic carbocycles. The Bertz CT molecular complexity index is 2370. The number of halogens is 5. The van der Waals surface area contributed by atoms with Gasteiger partial charge in [-0.15, -0.1) is 0 Å². The zero-order chi connectivity index (χ0) is 40.8. The number of rotatable bonds is 14. The van der Waals surface area contributed by atoms with Gasteiger partial charge in [0.25, 0.3) is 11.8 Å². The molecule has 1 aromatic heterocycles. The van der Waals surface area contributed by atoms with Crippen LogP contribution in [0.25, 0.3) is 16.8 Å². The lowest BCUT2D eigenvalue weighted by molar-refractivity contribution is -0.141. The third-order valence-electron chi connectivity index (χ3n) is 8.42. The number of benzene rings is 4. The Kier molecular flexibility index (Phi) is 12.8. The van der Waals surface area contributed by atoms with E-state index in [4.69, 9.17) is 22.1 Å². The molecule has 0 spiro atoms. The van der Waals surface area contributed by atoms with Gasteiger partial charge in [0.15, 0.2) is 15.5 Å². The Labute approximate surface area is 323 Å². The molecule has 12 nitrogen and oxygen atoms in total. The molecule has 1 heterocycles. The molecule has 0 aliphatic heterocycles. The van der Waals surface area contributed by atoms with Gasteiger partial charge in [-0.2, -0.15) is 18.3 Å². The number of carbonyl (C=O) groups is 3. The molecule has 56 heavy (non-hydrogen) atoms. The van der Waals surface area contributed by atoms with Crippen LogP contribution in [0.1, 0.15) is 44.9 Å². The number of hydrogen-bond donors (Lipinski definition) is 4. The van der Waals surface area contributed by atoms with E-state index in [9.17, 15) is 36.0 Å². The molecule has 0 aliphatic carbocycles. The SMILES string of the molecule is COc1ccc(-n2nc(C(F)(F)F)cc2C(=O)Nc2ccc(-c3ccccc3S(C)(=O)=O)cc2F)c(C(=O)N[C@@H](CCCN)C(=O)NCc2ccc(Cl)cc2)c1. The van der Waals surface area contributed by atoms with Crippen molar-refractivity contribution in [2.24, 2.45) is 5.73 Å². The Hall–Kier alpha value is -5.78. The van der Waals surface area contributed by atoms with Crippen LogP contribution in [-0.4, -0.2) is 61.9 Å². The van der Waals surface area contributed by atoms with Crippen LogP contribution in [0.3, 0.4) is 0 Å². The van der Waals surface area contributed by atoms with Crippen molar-refractivity contribution in [2.75, 3.05) is 25.2 Å². The van der Waals surface area contributed by atoms with E-state index in [1.165, 1.54) is 49.6 Å². The first kappa shape index (κ1) is 41.4. The van der Waals surface area contributed by atoms with Crippen LogP contribution >= 0.6 is 11.6 Å². The monoisotopic (exact) mass is 814 g/mol. The smallest absolute Gasteiger partial charge is 0.435 e. The molecular weight excluding hydrogens is 780 g/mol. The maximum Gasteiger partial charge on any atom is 0.435 e. The standard InChI is InChI=1S/C38H35ClF4N6O6S/c1-55-25-14-16-31(27(19-25)35(50)47-30(7-5-17-44)36(51)45-21-22-9-12-24(39)13-10-22)49-32(20-34(48-49)38(41,42)43)37(52)46-29-15-11-23(18-28(29)40)26-6-3-4-8-33(26)56(2,53)54/h3-4,6,8-16,18-20,30H,5,7,17,21,44H2,1-2H3,(H,45,51)(H,46,52)(H,47,50)/t30-/m0/s1. The fourth-order valence-electron chi connectivity index (χ4n) is 5.61. The normalized spacial score (nSPS) is 12.1. The number of methoxy groups -OCH3 is 1. The van der Waals surface area contributed by atoms with E-state index in [2.05, 4.69) is 21.0 Å².